The normalized spacial score (nSPS) is 40.7. The number of benzene rings is 2. The number of ketones is 1. The second-order valence-electron chi connectivity index (χ2n) is 19.6. The Morgan fingerprint density at radius 1 is 0.727 bits per heavy atom. The van der Waals surface area contributed by atoms with Gasteiger partial charge in [-0.1, -0.05) is 71.0 Å². The zero-order chi connectivity index (χ0) is 48.9. The Bertz CT molecular complexity index is 1930. The van der Waals surface area contributed by atoms with Gasteiger partial charge in [0.15, 0.2) is 24.8 Å². The lowest BCUT2D eigenvalue weighted by molar-refractivity contribution is -0.318. The highest BCUT2D eigenvalue weighted by Gasteiger charge is 2.55. The van der Waals surface area contributed by atoms with E-state index in [4.69, 9.17) is 42.6 Å². The molecular weight excluding hydrogens is 853 g/mol. The van der Waals surface area contributed by atoms with Crippen molar-refractivity contribution >= 4 is 23.7 Å². The summed E-state index contributed by atoms with van der Waals surface area (Å²) in [5, 5.41) is 23.5. The molecule has 0 spiro atoms. The van der Waals surface area contributed by atoms with Gasteiger partial charge < -0.3 is 52.8 Å². The fraction of sp³-hybridized carbons (Fsp3) is 0.686. The molecule has 15 heteroatoms. The van der Waals surface area contributed by atoms with Gasteiger partial charge in [-0.3, -0.25) is 9.59 Å². The third kappa shape index (κ3) is 11.7. The third-order valence-electron chi connectivity index (χ3n) is 14.3. The minimum Gasteiger partial charge on any atom is -0.459 e. The first-order chi connectivity index (χ1) is 31.0. The van der Waals surface area contributed by atoms with Crippen LogP contribution in [0.25, 0.3) is 0 Å². The topological polar surface area (TPSA) is 192 Å². The molecule has 0 aliphatic carbocycles. The van der Waals surface area contributed by atoms with Crippen molar-refractivity contribution in [1.29, 1.82) is 0 Å². The Balaban J connectivity index is 1.60. The molecule has 2 aromatic rings. The van der Waals surface area contributed by atoms with Gasteiger partial charge in [-0.05, 0) is 85.1 Å². The number of hydrogen-bond donors (Lipinski definition) is 2. The van der Waals surface area contributed by atoms with Crippen molar-refractivity contribution in [2.45, 2.75) is 180 Å². The van der Waals surface area contributed by atoms with E-state index in [1.807, 2.05) is 20.8 Å². The largest absolute Gasteiger partial charge is 0.459 e. The van der Waals surface area contributed by atoms with Crippen LogP contribution < -0.4 is 0 Å². The highest BCUT2D eigenvalue weighted by molar-refractivity contribution is 5.90. The van der Waals surface area contributed by atoms with Gasteiger partial charge in [0.2, 0.25) is 0 Å². The highest BCUT2D eigenvalue weighted by atomic mass is 16.7. The summed E-state index contributed by atoms with van der Waals surface area (Å²) in [6.45, 7) is 19.0. The van der Waals surface area contributed by atoms with Gasteiger partial charge in [0.1, 0.15) is 23.1 Å². The highest BCUT2D eigenvalue weighted by Crippen LogP contribution is 2.43. The van der Waals surface area contributed by atoms with Crippen LogP contribution in [0.1, 0.15) is 123 Å². The van der Waals surface area contributed by atoms with E-state index < -0.39 is 114 Å². The average Bonchev–Trinajstić information content (AvgIpc) is 3.29. The zero-order valence-corrected chi connectivity index (χ0v) is 41.0. The SMILES string of the molecule is CC[C@H]1OC(=O)[C@H](C)[C@@H](O[C@H]2C[C@@](C)(OC)[C@@H](OC(=O)c3ccccc3)[C@H](C)O2)[C@H](C)[C@@H](O[C@@H]2O[C@H](C)C[C@H](C)[C@H]2OC(=O)c2ccccc2)[C@@](C)(OC)C[C@@H](C)C(=O)[C@H](C)[C@@H](O)[C@]1(C)O. The number of aliphatic hydroxyl groups excluding tert-OH is 1. The van der Waals surface area contributed by atoms with Crippen LogP contribution in [0.4, 0.5) is 0 Å². The van der Waals surface area contributed by atoms with Crippen molar-refractivity contribution in [3.8, 4) is 0 Å². The maximum Gasteiger partial charge on any atom is 0.338 e. The summed E-state index contributed by atoms with van der Waals surface area (Å²) in [5.41, 5.74) is -3.79. The van der Waals surface area contributed by atoms with Crippen LogP contribution in [0.3, 0.4) is 0 Å². The fourth-order valence-corrected chi connectivity index (χ4v) is 10.2. The van der Waals surface area contributed by atoms with E-state index in [2.05, 4.69) is 0 Å². The molecular formula is C51H74O15. The molecule has 0 unspecified atom stereocenters. The molecule has 2 aromatic carbocycles. The molecule has 3 fully saturated rings. The van der Waals surface area contributed by atoms with Crippen LogP contribution in [-0.4, -0.2) is 126 Å². The minimum atomic E-state index is -2.02. The van der Waals surface area contributed by atoms with E-state index in [1.165, 1.54) is 21.1 Å². The van der Waals surface area contributed by atoms with E-state index >= 15 is 0 Å². The Labute approximate surface area is 390 Å². The van der Waals surface area contributed by atoms with Crippen molar-refractivity contribution in [2.24, 2.45) is 29.6 Å². The van der Waals surface area contributed by atoms with Crippen LogP contribution in [0.5, 0.6) is 0 Å². The minimum absolute atomic E-state index is 0.0543. The number of carbonyl (C=O) groups excluding carboxylic acids is 4. The van der Waals surface area contributed by atoms with Crippen molar-refractivity contribution < 1.29 is 72.0 Å². The first-order valence-electron chi connectivity index (χ1n) is 23.4. The smallest absolute Gasteiger partial charge is 0.338 e. The molecule has 3 aliphatic heterocycles. The van der Waals surface area contributed by atoms with Crippen molar-refractivity contribution in [3.63, 3.8) is 0 Å². The van der Waals surface area contributed by atoms with Crippen LogP contribution in [-0.2, 0) is 52.2 Å². The molecule has 3 saturated heterocycles. The van der Waals surface area contributed by atoms with Gasteiger partial charge in [0.25, 0.3) is 0 Å². The molecule has 5 rings (SSSR count). The summed E-state index contributed by atoms with van der Waals surface area (Å²) in [5.74, 6) is -6.17. The van der Waals surface area contributed by atoms with E-state index in [9.17, 15) is 29.4 Å². The maximum absolute atomic E-state index is 14.6. The summed E-state index contributed by atoms with van der Waals surface area (Å²) >= 11 is 0. The van der Waals surface area contributed by atoms with Crippen LogP contribution in [0.2, 0.25) is 0 Å². The number of methoxy groups -OCH3 is 2. The Hall–Kier alpha value is -3.80. The van der Waals surface area contributed by atoms with Gasteiger partial charge >= 0.3 is 17.9 Å². The summed E-state index contributed by atoms with van der Waals surface area (Å²) in [7, 11) is 3.01. The van der Waals surface area contributed by atoms with E-state index in [0.717, 1.165) is 0 Å². The molecule has 3 aliphatic rings. The van der Waals surface area contributed by atoms with Gasteiger partial charge in [0, 0.05) is 44.3 Å². The van der Waals surface area contributed by atoms with Gasteiger partial charge in [-0.25, -0.2) is 9.59 Å². The summed E-state index contributed by atoms with van der Waals surface area (Å²) in [4.78, 5) is 55.8. The molecule has 0 saturated carbocycles. The zero-order valence-electron chi connectivity index (χ0n) is 41.0. The Morgan fingerprint density at radius 2 is 1.27 bits per heavy atom. The third-order valence-corrected chi connectivity index (χ3v) is 14.3. The quantitative estimate of drug-likeness (QED) is 0.175. The first-order valence-corrected chi connectivity index (χ1v) is 23.4. The lowest BCUT2D eigenvalue weighted by atomic mass is 9.73. The van der Waals surface area contributed by atoms with Crippen LogP contribution >= 0.6 is 0 Å². The number of hydrogen-bond acceptors (Lipinski definition) is 15. The number of esters is 3. The Morgan fingerprint density at radius 3 is 1.82 bits per heavy atom. The molecule has 0 aromatic heterocycles. The molecule has 2 N–H and O–H groups in total. The second kappa shape index (κ2) is 22.1. The fourth-order valence-electron chi connectivity index (χ4n) is 10.2. The van der Waals surface area contributed by atoms with Crippen molar-refractivity contribution in [3.05, 3.63) is 71.8 Å². The van der Waals surface area contributed by atoms with Gasteiger partial charge in [-0.15, -0.1) is 0 Å². The average molecular weight is 927 g/mol. The number of rotatable bonds is 11. The summed E-state index contributed by atoms with van der Waals surface area (Å²) in [6.07, 6.45) is -9.22. The number of Topliss-reactive ketones (excluding diaryl/α,β-unsaturated/α-hetero) is 1. The first kappa shape index (κ1) is 53.2. The van der Waals surface area contributed by atoms with Crippen molar-refractivity contribution in [2.75, 3.05) is 14.2 Å². The van der Waals surface area contributed by atoms with Crippen molar-refractivity contribution in [1.82, 2.24) is 0 Å². The lowest BCUT2D eigenvalue weighted by Gasteiger charge is -2.50. The monoisotopic (exact) mass is 927 g/mol. The van der Waals surface area contributed by atoms with E-state index in [1.54, 1.807) is 109 Å². The molecule has 0 radical (unpaired) electrons. The molecule has 3 heterocycles. The molecule has 0 amide bonds. The summed E-state index contributed by atoms with van der Waals surface area (Å²) < 4.78 is 57.9. The van der Waals surface area contributed by atoms with Crippen LogP contribution in [0.15, 0.2) is 60.7 Å². The number of ether oxygens (including phenoxy) is 9. The number of aliphatic hydroxyl groups is 2. The van der Waals surface area contributed by atoms with Gasteiger partial charge in [-0.2, -0.15) is 0 Å². The number of carbonyl (C=O) groups is 4. The molecule has 0 bridgehead atoms. The molecule has 66 heavy (non-hydrogen) atoms. The summed E-state index contributed by atoms with van der Waals surface area (Å²) in [6, 6.07) is 17.2. The standard InChI is InChI=1S/C51H74O15/c1-14-37-51(11,57)42(53)31(5)39(52)29(3)26-49(9,58-12)43(66-48-40(28(2)25-30(4)60-48)64-46(55)35-21-17-15-18-22-35)32(6)41(33(7)45(54)62-37)63-38-27-50(10,59-13)44(34(8)61-38)65-47(56)36-23-19-16-20-24-36/h15-24,28-34,37-38,40-44,48,53,57H,14,25-27H2,1-13H3/t28-,29+,30+,31-,32-,33+,34-,37+,38-,40+,41-,42+,43+,44-,48-,49-,50+,51+/m0/s1. The Kier molecular flexibility index (Phi) is 17.8. The molecule has 15 nitrogen and oxygen atoms in total. The lowest BCUT2D eigenvalue weighted by Crippen LogP contribution is -2.61. The second-order valence-corrected chi connectivity index (χ2v) is 19.6. The molecule has 368 valence electrons. The van der Waals surface area contributed by atoms with Gasteiger partial charge in [0.05, 0.1) is 53.2 Å². The van der Waals surface area contributed by atoms with E-state index in [0.29, 0.717) is 17.5 Å². The predicted molar refractivity (Wildman–Crippen MR) is 242 cm³/mol. The predicted octanol–water partition coefficient (Wildman–Crippen LogP) is 6.88. The maximum atomic E-state index is 14.6. The number of cyclic esters (lactones) is 1. The van der Waals surface area contributed by atoms with Crippen LogP contribution in [0, 0.1) is 29.6 Å². The molecule has 18 atom stereocenters. The van der Waals surface area contributed by atoms with E-state index in [-0.39, 0.29) is 37.1 Å².